The van der Waals surface area contributed by atoms with Crippen LogP contribution in [0, 0.1) is 5.92 Å². The largest absolute Gasteiger partial charge is 0.341 e. The number of hydrogen-bond acceptors (Lipinski definition) is 2. The van der Waals surface area contributed by atoms with Gasteiger partial charge in [-0.1, -0.05) is 37.3 Å². The third-order valence-electron chi connectivity index (χ3n) is 4.95. The number of nitrogens with zero attached hydrogens (tertiary/aromatic N) is 2. The second-order valence-corrected chi connectivity index (χ2v) is 6.56. The molecular formula is C18H26N2O. The molecule has 2 heterocycles. The molecule has 0 aliphatic carbocycles. The van der Waals surface area contributed by atoms with Gasteiger partial charge in [0.2, 0.25) is 5.91 Å². The molecular weight excluding hydrogens is 260 g/mol. The zero-order valence-electron chi connectivity index (χ0n) is 13.0. The Morgan fingerprint density at radius 1 is 1.05 bits per heavy atom. The second-order valence-electron chi connectivity index (χ2n) is 6.56. The maximum absolute atomic E-state index is 13.0. The molecule has 2 fully saturated rings. The standard InChI is InChI=1S/C18H26N2O/c1-15-9-13-19(14-10-15)17(16-7-3-2-4-8-16)18(21)20-11-5-6-12-20/h2-4,7-8,15,17H,5-6,9-14H2,1H3. The van der Waals surface area contributed by atoms with Gasteiger partial charge in [0.1, 0.15) is 6.04 Å². The van der Waals surface area contributed by atoms with Crippen molar-refractivity contribution in [3.63, 3.8) is 0 Å². The second kappa shape index (κ2) is 6.61. The van der Waals surface area contributed by atoms with E-state index in [0.29, 0.717) is 5.91 Å². The maximum atomic E-state index is 13.0. The van der Waals surface area contributed by atoms with Crippen LogP contribution < -0.4 is 0 Å². The van der Waals surface area contributed by atoms with E-state index in [2.05, 4.69) is 28.9 Å². The van der Waals surface area contributed by atoms with Crippen molar-refractivity contribution in [1.82, 2.24) is 9.80 Å². The highest BCUT2D eigenvalue weighted by Crippen LogP contribution is 2.29. The fourth-order valence-electron chi connectivity index (χ4n) is 3.54. The summed E-state index contributed by atoms with van der Waals surface area (Å²) in [6.45, 7) is 6.27. The quantitative estimate of drug-likeness (QED) is 0.852. The lowest BCUT2D eigenvalue weighted by Crippen LogP contribution is -2.45. The topological polar surface area (TPSA) is 23.6 Å². The van der Waals surface area contributed by atoms with E-state index in [1.165, 1.54) is 12.8 Å². The molecule has 1 atom stereocenters. The van der Waals surface area contributed by atoms with Crippen molar-refractivity contribution in [2.24, 2.45) is 5.92 Å². The molecule has 0 spiro atoms. The Morgan fingerprint density at radius 3 is 2.29 bits per heavy atom. The predicted octanol–water partition coefficient (Wildman–Crippen LogP) is 3.08. The Kier molecular flexibility index (Phi) is 4.59. The number of rotatable bonds is 3. The molecule has 1 unspecified atom stereocenters. The van der Waals surface area contributed by atoms with Gasteiger partial charge in [-0.3, -0.25) is 9.69 Å². The normalized spacial score (nSPS) is 22.4. The van der Waals surface area contributed by atoms with Crippen LogP contribution >= 0.6 is 0 Å². The van der Waals surface area contributed by atoms with Gasteiger partial charge < -0.3 is 4.90 Å². The van der Waals surface area contributed by atoms with E-state index in [1.807, 2.05) is 18.2 Å². The smallest absolute Gasteiger partial charge is 0.244 e. The first kappa shape index (κ1) is 14.6. The van der Waals surface area contributed by atoms with Gasteiger partial charge in [-0.15, -0.1) is 0 Å². The molecule has 21 heavy (non-hydrogen) atoms. The van der Waals surface area contributed by atoms with E-state index in [9.17, 15) is 4.79 Å². The number of benzene rings is 1. The van der Waals surface area contributed by atoms with E-state index in [-0.39, 0.29) is 6.04 Å². The minimum absolute atomic E-state index is 0.0724. The fourth-order valence-corrected chi connectivity index (χ4v) is 3.54. The molecule has 3 heteroatoms. The lowest BCUT2D eigenvalue weighted by molar-refractivity contribution is -0.136. The van der Waals surface area contributed by atoms with Crippen molar-refractivity contribution in [2.45, 2.75) is 38.6 Å². The molecule has 0 aromatic heterocycles. The van der Waals surface area contributed by atoms with E-state index >= 15 is 0 Å². The van der Waals surface area contributed by atoms with Crippen LogP contribution in [0.4, 0.5) is 0 Å². The summed E-state index contributed by atoms with van der Waals surface area (Å²) in [5, 5.41) is 0. The van der Waals surface area contributed by atoms with Crippen LogP contribution in [0.5, 0.6) is 0 Å². The summed E-state index contributed by atoms with van der Waals surface area (Å²) in [5.41, 5.74) is 1.16. The van der Waals surface area contributed by atoms with Crippen molar-refractivity contribution < 1.29 is 4.79 Å². The summed E-state index contributed by atoms with van der Waals surface area (Å²) in [6.07, 6.45) is 4.72. The van der Waals surface area contributed by atoms with Crippen LogP contribution in [-0.4, -0.2) is 41.9 Å². The molecule has 2 aliphatic rings. The third-order valence-corrected chi connectivity index (χ3v) is 4.95. The summed E-state index contributed by atoms with van der Waals surface area (Å²) >= 11 is 0. The predicted molar refractivity (Wildman–Crippen MR) is 85.0 cm³/mol. The average Bonchev–Trinajstić information content (AvgIpc) is 3.05. The highest BCUT2D eigenvalue weighted by molar-refractivity contribution is 5.83. The van der Waals surface area contributed by atoms with E-state index in [0.717, 1.165) is 50.5 Å². The lowest BCUT2D eigenvalue weighted by Gasteiger charge is -2.37. The van der Waals surface area contributed by atoms with Crippen molar-refractivity contribution >= 4 is 5.91 Å². The zero-order valence-corrected chi connectivity index (χ0v) is 13.0. The molecule has 1 aromatic carbocycles. The molecule has 0 N–H and O–H groups in total. The van der Waals surface area contributed by atoms with Gasteiger partial charge in [0, 0.05) is 13.1 Å². The van der Waals surface area contributed by atoms with Gasteiger partial charge >= 0.3 is 0 Å². The molecule has 114 valence electrons. The number of hydrogen-bond donors (Lipinski definition) is 0. The van der Waals surface area contributed by atoms with Crippen LogP contribution in [-0.2, 0) is 4.79 Å². The van der Waals surface area contributed by atoms with Crippen molar-refractivity contribution in [1.29, 1.82) is 0 Å². The summed E-state index contributed by atoms with van der Waals surface area (Å²) < 4.78 is 0. The van der Waals surface area contributed by atoms with Gasteiger partial charge in [-0.2, -0.15) is 0 Å². The molecule has 0 saturated carbocycles. The van der Waals surface area contributed by atoms with Crippen molar-refractivity contribution in [3.8, 4) is 0 Å². The fraction of sp³-hybridized carbons (Fsp3) is 0.611. The zero-order chi connectivity index (χ0) is 14.7. The van der Waals surface area contributed by atoms with Crippen LogP contribution in [0.25, 0.3) is 0 Å². The number of piperidine rings is 1. The Bertz CT molecular complexity index is 459. The summed E-state index contributed by atoms with van der Waals surface area (Å²) in [7, 11) is 0. The molecule has 0 radical (unpaired) electrons. The number of amides is 1. The number of likely N-dealkylation sites (tertiary alicyclic amines) is 2. The maximum Gasteiger partial charge on any atom is 0.244 e. The molecule has 0 bridgehead atoms. The first-order valence-corrected chi connectivity index (χ1v) is 8.33. The summed E-state index contributed by atoms with van der Waals surface area (Å²) in [4.78, 5) is 17.5. The van der Waals surface area contributed by atoms with Gasteiger partial charge in [-0.25, -0.2) is 0 Å². The third kappa shape index (κ3) is 3.29. The SMILES string of the molecule is CC1CCN(C(C(=O)N2CCCC2)c2ccccc2)CC1. The first-order chi connectivity index (χ1) is 10.3. The van der Waals surface area contributed by atoms with Crippen LogP contribution in [0.2, 0.25) is 0 Å². The summed E-state index contributed by atoms with van der Waals surface area (Å²) in [5.74, 6) is 1.10. The molecule has 1 amide bonds. The lowest BCUT2D eigenvalue weighted by atomic mass is 9.95. The number of carbonyl (C=O) groups is 1. The molecule has 2 saturated heterocycles. The molecule has 1 aromatic rings. The minimum Gasteiger partial charge on any atom is -0.341 e. The minimum atomic E-state index is -0.0724. The van der Waals surface area contributed by atoms with E-state index in [1.54, 1.807) is 0 Å². The van der Waals surface area contributed by atoms with Gasteiger partial charge in [0.15, 0.2) is 0 Å². The monoisotopic (exact) mass is 286 g/mol. The van der Waals surface area contributed by atoms with E-state index < -0.39 is 0 Å². The Labute approximate surface area is 127 Å². The van der Waals surface area contributed by atoms with Gasteiger partial charge in [0.05, 0.1) is 0 Å². The van der Waals surface area contributed by atoms with Crippen LogP contribution in [0.1, 0.15) is 44.2 Å². The number of carbonyl (C=O) groups excluding carboxylic acids is 1. The van der Waals surface area contributed by atoms with E-state index in [4.69, 9.17) is 0 Å². The Morgan fingerprint density at radius 2 is 1.67 bits per heavy atom. The molecule has 2 aliphatic heterocycles. The Hall–Kier alpha value is -1.35. The first-order valence-electron chi connectivity index (χ1n) is 8.33. The van der Waals surface area contributed by atoms with Gasteiger partial charge in [-0.05, 0) is 50.3 Å². The Balaban J connectivity index is 1.82. The van der Waals surface area contributed by atoms with Gasteiger partial charge in [0.25, 0.3) is 0 Å². The molecule has 3 nitrogen and oxygen atoms in total. The van der Waals surface area contributed by atoms with Crippen molar-refractivity contribution in [2.75, 3.05) is 26.2 Å². The average molecular weight is 286 g/mol. The highest BCUT2D eigenvalue weighted by Gasteiger charge is 2.33. The van der Waals surface area contributed by atoms with Crippen LogP contribution in [0.15, 0.2) is 30.3 Å². The van der Waals surface area contributed by atoms with Crippen molar-refractivity contribution in [3.05, 3.63) is 35.9 Å². The summed E-state index contributed by atoms with van der Waals surface area (Å²) in [6, 6.07) is 10.3. The van der Waals surface area contributed by atoms with Crippen LogP contribution in [0.3, 0.4) is 0 Å². The molecule has 3 rings (SSSR count). The highest BCUT2D eigenvalue weighted by atomic mass is 16.2.